The molecule has 1 aliphatic heterocycles. The predicted octanol–water partition coefficient (Wildman–Crippen LogP) is 3.30. The van der Waals surface area contributed by atoms with Gasteiger partial charge in [-0.15, -0.1) is 0 Å². The quantitative estimate of drug-likeness (QED) is 0.467. The molecule has 31 heavy (non-hydrogen) atoms. The Morgan fingerprint density at radius 2 is 1.87 bits per heavy atom. The topological polar surface area (TPSA) is 68.8 Å². The van der Waals surface area contributed by atoms with Gasteiger partial charge in [0.2, 0.25) is 5.91 Å². The summed E-state index contributed by atoms with van der Waals surface area (Å²) in [6.07, 6.45) is 1.52. The highest BCUT2D eigenvalue weighted by molar-refractivity contribution is 5.88. The van der Waals surface area contributed by atoms with Gasteiger partial charge in [0.25, 0.3) is 0 Å². The number of amides is 1. The first-order valence-corrected chi connectivity index (χ1v) is 10.6. The summed E-state index contributed by atoms with van der Waals surface area (Å²) >= 11 is 0. The minimum atomic E-state index is -0.536. The lowest BCUT2D eigenvalue weighted by Gasteiger charge is -2.21. The third-order valence-electron chi connectivity index (χ3n) is 5.07. The second-order valence-corrected chi connectivity index (χ2v) is 7.53. The number of rotatable bonds is 7. The van der Waals surface area contributed by atoms with Crippen LogP contribution in [0.15, 0.2) is 47.5 Å². The van der Waals surface area contributed by atoms with Gasteiger partial charge in [0.05, 0.1) is 0 Å². The van der Waals surface area contributed by atoms with Gasteiger partial charge in [0.15, 0.2) is 5.96 Å². The SMILES string of the molecule is CCNC(=NCCc1ccc(NC(C)=O)cc1)NC1CCN(c2c(F)cccc2F)C1. The molecule has 1 heterocycles. The molecule has 1 unspecified atom stereocenters. The van der Waals surface area contributed by atoms with Gasteiger partial charge in [0.1, 0.15) is 17.3 Å². The van der Waals surface area contributed by atoms with Gasteiger partial charge in [0, 0.05) is 44.8 Å². The maximum Gasteiger partial charge on any atom is 0.221 e. The van der Waals surface area contributed by atoms with Crippen LogP contribution in [0.5, 0.6) is 0 Å². The van der Waals surface area contributed by atoms with Crippen molar-refractivity contribution in [3.8, 4) is 0 Å². The van der Waals surface area contributed by atoms with Crippen molar-refractivity contribution in [2.75, 3.05) is 36.4 Å². The summed E-state index contributed by atoms with van der Waals surface area (Å²) in [5, 5.41) is 9.35. The monoisotopic (exact) mass is 429 g/mol. The van der Waals surface area contributed by atoms with Gasteiger partial charge in [-0.25, -0.2) is 8.78 Å². The zero-order chi connectivity index (χ0) is 22.2. The van der Waals surface area contributed by atoms with Crippen LogP contribution in [-0.2, 0) is 11.2 Å². The highest BCUT2D eigenvalue weighted by Gasteiger charge is 2.27. The molecule has 3 rings (SSSR count). The van der Waals surface area contributed by atoms with Crippen LogP contribution in [0, 0.1) is 11.6 Å². The van der Waals surface area contributed by atoms with E-state index in [1.165, 1.54) is 25.1 Å². The molecule has 1 amide bonds. The number of guanidine groups is 1. The zero-order valence-electron chi connectivity index (χ0n) is 17.9. The van der Waals surface area contributed by atoms with Crippen LogP contribution in [0.1, 0.15) is 25.8 Å². The fourth-order valence-electron chi connectivity index (χ4n) is 3.64. The molecule has 8 heteroatoms. The minimum Gasteiger partial charge on any atom is -0.365 e. The molecule has 0 bridgehead atoms. The average molecular weight is 430 g/mol. The third kappa shape index (κ3) is 6.41. The summed E-state index contributed by atoms with van der Waals surface area (Å²) in [6.45, 7) is 5.87. The Bertz CT molecular complexity index is 896. The van der Waals surface area contributed by atoms with E-state index < -0.39 is 11.6 Å². The molecule has 0 radical (unpaired) electrons. The molecule has 0 aliphatic carbocycles. The first kappa shape index (κ1) is 22.5. The molecule has 6 nitrogen and oxygen atoms in total. The predicted molar refractivity (Wildman–Crippen MR) is 121 cm³/mol. The van der Waals surface area contributed by atoms with Gasteiger partial charge in [-0.2, -0.15) is 0 Å². The van der Waals surface area contributed by atoms with Gasteiger partial charge in [-0.05, 0) is 49.6 Å². The maximum atomic E-state index is 14.1. The first-order chi connectivity index (χ1) is 15.0. The Morgan fingerprint density at radius 1 is 1.16 bits per heavy atom. The van der Waals surface area contributed by atoms with Crippen LogP contribution in [0.4, 0.5) is 20.2 Å². The molecule has 0 saturated carbocycles. The van der Waals surface area contributed by atoms with Crippen molar-refractivity contribution < 1.29 is 13.6 Å². The molecule has 3 N–H and O–H groups in total. The van der Waals surface area contributed by atoms with Gasteiger partial charge >= 0.3 is 0 Å². The summed E-state index contributed by atoms with van der Waals surface area (Å²) in [7, 11) is 0. The van der Waals surface area contributed by atoms with Crippen molar-refractivity contribution in [1.29, 1.82) is 0 Å². The molecule has 1 saturated heterocycles. The minimum absolute atomic E-state index is 0.0384. The van der Waals surface area contributed by atoms with Crippen molar-refractivity contribution in [2.24, 2.45) is 4.99 Å². The number of carbonyl (C=O) groups is 1. The molecule has 2 aromatic rings. The van der Waals surface area contributed by atoms with Crippen LogP contribution in [0.25, 0.3) is 0 Å². The molecule has 1 aliphatic rings. The molecule has 1 fully saturated rings. The molecule has 1 atom stereocenters. The number of aliphatic imine (C=N–C) groups is 1. The van der Waals surface area contributed by atoms with Crippen molar-refractivity contribution >= 4 is 23.2 Å². The third-order valence-corrected chi connectivity index (χ3v) is 5.07. The Balaban J connectivity index is 1.55. The number of carbonyl (C=O) groups excluding carboxylic acids is 1. The number of nitrogens with one attached hydrogen (secondary N) is 3. The van der Waals surface area contributed by atoms with Crippen LogP contribution < -0.4 is 20.9 Å². The van der Waals surface area contributed by atoms with Gasteiger partial charge in [-0.1, -0.05) is 18.2 Å². The summed E-state index contributed by atoms with van der Waals surface area (Å²) in [6, 6.07) is 11.7. The molecular weight excluding hydrogens is 400 g/mol. The number of hydrogen-bond donors (Lipinski definition) is 3. The Kier molecular flexibility index (Phi) is 7.81. The van der Waals surface area contributed by atoms with Crippen molar-refractivity contribution in [3.05, 3.63) is 59.7 Å². The van der Waals surface area contributed by atoms with E-state index in [1.54, 1.807) is 4.90 Å². The largest absolute Gasteiger partial charge is 0.365 e. The number of hydrogen-bond acceptors (Lipinski definition) is 3. The summed E-state index contributed by atoms with van der Waals surface area (Å²) in [5.41, 5.74) is 1.93. The highest BCUT2D eigenvalue weighted by Crippen LogP contribution is 2.26. The van der Waals surface area contributed by atoms with E-state index >= 15 is 0 Å². The number of benzene rings is 2. The van der Waals surface area contributed by atoms with E-state index in [1.807, 2.05) is 31.2 Å². The molecule has 2 aromatic carbocycles. The van der Waals surface area contributed by atoms with Crippen LogP contribution in [0.3, 0.4) is 0 Å². The highest BCUT2D eigenvalue weighted by atomic mass is 19.1. The van der Waals surface area contributed by atoms with E-state index in [2.05, 4.69) is 20.9 Å². The fraction of sp³-hybridized carbons (Fsp3) is 0.391. The lowest BCUT2D eigenvalue weighted by atomic mass is 10.1. The molecule has 0 aromatic heterocycles. The number of para-hydroxylation sites is 1. The van der Waals surface area contributed by atoms with Crippen LogP contribution in [0.2, 0.25) is 0 Å². The van der Waals surface area contributed by atoms with E-state index in [0.717, 1.165) is 30.6 Å². The van der Waals surface area contributed by atoms with Crippen LogP contribution in [-0.4, -0.2) is 44.1 Å². The Labute approximate surface area is 181 Å². The normalized spacial score (nSPS) is 16.3. The first-order valence-electron chi connectivity index (χ1n) is 10.6. The fourth-order valence-corrected chi connectivity index (χ4v) is 3.64. The standard InChI is InChI=1S/C23H29F2N5O/c1-3-26-23(27-13-11-17-7-9-18(10-8-17)28-16(2)31)29-19-12-14-30(15-19)22-20(24)5-4-6-21(22)25/h4-10,19H,3,11-15H2,1-2H3,(H,28,31)(H2,26,27,29). The summed E-state index contributed by atoms with van der Waals surface area (Å²) in [5.74, 6) is -0.475. The zero-order valence-corrected chi connectivity index (χ0v) is 17.9. The second kappa shape index (κ2) is 10.7. The van der Waals surface area contributed by atoms with Crippen LogP contribution >= 0.6 is 0 Å². The number of nitrogens with zero attached hydrogens (tertiary/aromatic N) is 2. The summed E-state index contributed by atoms with van der Waals surface area (Å²) < 4.78 is 28.1. The van der Waals surface area contributed by atoms with Crippen molar-refractivity contribution in [3.63, 3.8) is 0 Å². The lowest BCUT2D eigenvalue weighted by molar-refractivity contribution is -0.114. The Morgan fingerprint density at radius 3 is 2.52 bits per heavy atom. The summed E-state index contributed by atoms with van der Waals surface area (Å²) in [4.78, 5) is 17.5. The van der Waals surface area contributed by atoms with E-state index in [9.17, 15) is 13.6 Å². The Hall–Kier alpha value is -3.16. The second-order valence-electron chi connectivity index (χ2n) is 7.53. The maximum absolute atomic E-state index is 14.1. The van der Waals surface area contributed by atoms with Gasteiger partial charge < -0.3 is 20.9 Å². The average Bonchev–Trinajstić information content (AvgIpc) is 3.17. The molecule has 166 valence electrons. The van der Waals surface area contributed by atoms with Gasteiger partial charge in [-0.3, -0.25) is 9.79 Å². The van der Waals surface area contributed by atoms with Crippen molar-refractivity contribution in [1.82, 2.24) is 10.6 Å². The number of anilines is 2. The molecular formula is C23H29F2N5O. The smallest absolute Gasteiger partial charge is 0.221 e. The van der Waals surface area contributed by atoms with E-state index in [4.69, 9.17) is 0 Å². The number of halogens is 2. The van der Waals surface area contributed by atoms with E-state index in [-0.39, 0.29) is 17.6 Å². The molecule has 0 spiro atoms. The van der Waals surface area contributed by atoms with Crippen molar-refractivity contribution in [2.45, 2.75) is 32.7 Å². The lowest BCUT2D eigenvalue weighted by Crippen LogP contribution is -2.44. The van der Waals surface area contributed by atoms with E-state index in [0.29, 0.717) is 25.6 Å².